The summed E-state index contributed by atoms with van der Waals surface area (Å²) in [4.78, 5) is 23.1. The van der Waals surface area contributed by atoms with Crippen LogP contribution in [0.2, 0.25) is 0 Å². The Balaban J connectivity index is 1.95. The van der Waals surface area contributed by atoms with Gasteiger partial charge in [-0.15, -0.1) is 0 Å². The van der Waals surface area contributed by atoms with Gasteiger partial charge in [-0.25, -0.2) is 0 Å². The third-order valence-electron chi connectivity index (χ3n) is 3.43. The van der Waals surface area contributed by atoms with E-state index in [2.05, 4.69) is 6.92 Å². The zero-order valence-electron chi connectivity index (χ0n) is 9.20. The minimum absolute atomic E-state index is 0.0992. The molecule has 0 aromatic rings. The topological polar surface area (TPSA) is 43.4 Å². The number of carbonyl (C=O) groups is 2. The third-order valence-corrected chi connectivity index (χ3v) is 3.43. The number of ketones is 2. The Bertz CT molecular complexity index is 256. The molecule has 0 amide bonds. The number of rotatable bonds is 3. The Hall–Kier alpha value is -0.700. The van der Waals surface area contributed by atoms with E-state index >= 15 is 0 Å². The molecule has 0 aromatic heterocycles. The maximum absolute atomic E-state index is 11.5. The number of hydrogen-bond acceptors (Lipinski definition) is 3. The first-order valence-electron chi connectivity index (χ1n) is 5.93. The Morgan fingerprint density at radius 2 is 1.87 bits per heavy atom. The first-order chi connectivity index (χ1) is 7.22. The summed E-state index contributed by atoms with van der Waals surface area (Å²) in [5.74, 6) is -0.226. The predicted octanol–water partition coefficient (Wildman–Crippen LogP) is 1.88. The summed E-state index contributed by atoms with van der Waals surface area (Å²) in [6, 6.07) is 0. The second kappa shape index (κ2) is 4.44. The molecule has 1 aliphatic carbocycles. The standard InChI is InChI=1S/C12H18O3/c1-2-3-8-4-7-11(15-8)12-9(13)5-6-10(12)14/h8,11-12H,2-7H2,1H3/t8-,11?/m0/s1. The van der Waals surface area contributed by atoms with Gasteiger partial charge in [-0.05, 0) is 19.3 Å². The maximum Gasteiger partial charge on any atom is 0.146 e. The summed E-state index contributed by atoms with van der Waals surface area (Å²) in [5.41, 5.74) is 0. The molecule has 2 fully saturated rings. The molecule has 3 heteroatoms. The number of hydrogen-bond donors (Lipinski definition) is 0. The minimum Gasteiger partial charge on any atom is -0.374 e. The molecule has 2 rings (SSSR count). The third kappa shape index (κ3) is 2.12. The zero-order chi connectivity index (χ0) is 10.8. The van der Waals surface area contributed by atoms with Gasteiger partial charge in [0.2, 0.25) is 0 Å². The van der Waals surface area contributed by atoms with Crippen molar-refractivity contribution in [2.24, 2.45) is 5.92 Å². The summed E-state index contributed by atoms with van der Waals surface area (Å²) in [7, 11) is 0. The molecule has 15 heavy (non-hydrogen) atoms. The van der Waals surface area contributed by atoms with Crippen LogP contribution in [0, 0.1) is 5.92 Å². The van der Waals surface area contributed by atoms with Crippen LogP contribution >= 0.6 is 0 Å². The Morgan fingerprint density at radius 1 is 1.20 bits per heavy atom. The van der Waals surface area contributed by atoms with Crippen LogP contribution in [-0.4, -0.2) is 23.8 Å². The first-order valence-corrected chi connectivity index (χ1v) is 5.93. The molecule has 0 aromatic carbocycles. The van der Waals surface area contributed by atoms with Crippen LogP contribution < -0.4 is 0 Å². The van der Waals surface area contributed by atoms with Crippen molar-refractivity contribution in [3.05, 3.63) is 0 Å². The summed E-state index contributed by atoms with van der Waals surface area (Å²) in [6.07, 6.45) is 5.08. The van der Waals surface area contributed by atoms with E-state index in [1.54, 1.807) is 0 Å². The fourth-order valence-corrected chi connectivity index (χ4v) is 2.66. The van der Waals surface area contributed by atoms with Crippen LogP contribution in [0.25, 0.3) is 0 Å². The van der Waals surface area contributed by atoms with Gasteiger partial charge in [0.1, 0.15) is 17.5 Å². The average Bonchev–Trinajstić information content (AvgIpc) is 2.75. The van der Waals surface area contributed by atoms with Crippen LogP contribution in [0.3, 0.4) is 0 Å². The number of ether oxygens (including phenoxy) is 1. The Morgan fingerprint density at radius 3 is 2.47 bits per heavy atom. The second-order valence-corrected chi connectivity index (χ2v) is 4.57. The summed E-state index contributed by atoms with van der Waals surface area (Å²) in [5, 5.41) is 0. The highest BCUT2D eigenvalue weighted by molar-refractivity contribution is 6.09. The van der Waals surface area contributed by atoms with E-state index in [4.69, 9.17) is 4.74 Å². The van der Waals surface area contributed by atoms with Crippen LogP contribution in [0.5, 0.6) is 0 Å². The molecular weight excluding hydrogens is 192 g/mol. The average molecular weight is 210 g/mol. The summed E-state index contributed by atoms with van der Waals surface area (Å²) in [6.45, 7) is 2.13. The van der Waals surface area contributed by atoms with Gasteiger partial charge in [-0.1, -0.05) is 13.3 Å². The van der Waals surface area contributed by atoms with Gasteiger partial charge in [0.05, 0.1) is 12.2 Å². The van der Waals surface area contributed by atoms with Crippen molar-refractivity contribution in [3.8, 4) is 0 Å². The SMILES string of the molecule is CCC[C@H]1CCC(C2C(=O)CCC2=O)O1. The molecule has 2 aliphatic rings. The summed E-state index contributed by atoms with van der Waals surface area (Å²) < 4.78 is 5.78. The van der Waals surface area contributed by atoms with E-state index in [9.17, 15) is 9.59 Å². The molecule has 0 bridgehead atoms. The lowest BCUT2D eigenvalue weighted by atomic mass is 9.96. The summed E-state index contributed by atoms with van der Waals surface area (Å²) >= 11 is 0. The Kier molecular flexibility index (Phi) is 3.19. The molecule has 0 spiro atoms. The highest BCUT2D eigenvalue weighted by Crippen LogP contribution is 2.33. The van der Waals surface area contributed by atoms with Gasteiger partial charge in [-0.2, -0.15) is 0 Å². The normalized spacial score (nSPS) is 32.9. The number of Topliss-reactive ketones (excluding diaryl/α,β-unsaturated/α-hetero) is 2. The molecule has 1 saturated carbocycles. The molecule has 2 atom stereocenters. The van der Waals surface area contributed by atoms with E-state index in [-0.39, 0.29) is 23.8 Å². The second-order valence-electron chi connectivity index (χ2n) is 4.57. The zero-order valence-corrected chi connectivity index (χ0v) is 9.20. The molecule has 1 heterocycles. The lowest BCUT2D eigenvalue weighted by Crippen LogP contribution is -2.29. The number of carbonyl (C=O) groups excluding carboxylic acids is 2. The van der Waals surface area contributed by atoms with Crippen molar-refractivity contribution in [3.63, 3.8) is 0 Å². The molecule has 1 unspecified atom stereocenters. The quantitative estimate of drug-likeness (QED) is 0.668. The lowest BCUT2D eigenvalue weighted by Gasteiger charge is -2.17. The van der Waals surface area contributed by atoms with Gasteiger partial charge >= 0.3 is 0 Å². The van der Waals surface area contributed by atoms with E-state index < -0.39 is 5.92 Å². The van der Waals surface area contributed by atoms with Crippen molar-refractivity contribution in [1.29, 1.82) is 0 Å². The molecule has 84 valence electrons. The van der Waals surface area contributed by atoms with E-state index in [0.717, 1.165) is 25.7 Å². The molecule has 1 saturated heterocycles. The minimum atomic E-state index is -0.424. The smallest absolute Gasteiger partial charge is 0.146 e. The Labute approximate surface area is 90.2 Å². The van der Waals surface area contributed by atoms with Crippen molar-refractivity contribution in [2.75, 3.05) is 0 Å². The van der Waals surface area contributed by atoms with Crippen molar-refractivity contribution < 1.29 is 14.3 Å². The highest BCUT2D eigenvalue weighted by Gasteiger charge is 2.42. The molecule has 0 N–H and O–H groups in total. The molecular formula is C12H18O3. The van der Waals surface area contributed by atoms with E-state index in [0.29, 0.717) is 12.8 Å². The monoisotopic (exact) mass is 210 g/mol. The molecule has 3 nitrogen and oxygen atoms in total. The fraction of sp³-hybridized carbons (Fsp3) is 0.833. The first kappa shape index (κ1) is 10.8. The highest BCUT2D eigenvalue weighted by atomic mass is 16.5. The molecule has 1 aliphatic heterocycles. The fourth-order valence-electron chi connectivity index (χ4n) is 2.66. The lowest BCUT2D eigenvalue weighted by molar-refractivity contribution is -0.133. The van der Waals surface area contributed by atoms with Gasteiger partial charge in [-0.3, -0.25) is 9.59 Å². The van der Waals surface area contributed by atoms with E-state index in [1.165, 1.54) is 0 Å². The van der Waals surface area contributed by atoms with Crippen LogP contribution in [0.4, 0.5) is 0 Å². The predicted molar refractivity (Wildman–Crippen MR) is 55.5 cm³/mol. The molecule has 0 radical (unpaired) electrons. The largest absolute Gasteiger partial charge is 0.374 e. The van der Waals surface area contributed by atoms with Crippen LogP contribution in [0.15, 0.2) is 0 Å². The van der Waals surface area contributed by atoms with Gasteiger partial charge in [0.15, 0.2) is 0 Å². The van der Waals surface area contributed by atoms with Crippen LogP contribution in [-0.2, 0) is 14.3 Å². The van der Waals surface area contributed by atoms with Crippen molar-refractivity contribution in [2.45, 2.75) is 57.7 Å². The maximum atomic E-state index is 11.5. The van der Waals surface area contributed by atoms with Crippen LogP contribution in [0.1, 0.15) is 45.4 Å². The van der Waals surface area contributed by atoms with Crippen molar-refractivity contribution in [1.82, 2.24) is 0 Å². The van der Waals surface area contributed by atoms with Crippen molar-refractivity contribution >= 4 is 11.6 Å². The van der Waals surface area contributed by atoms with Gasteiger partial charge < -0.3 is 4.74 Å². The van der Waals surface area contributed by atoms with Gasteiger partial charge in [0.25, 0.3) is 0 Å². The van der Waals surface area contributed by atoms with Gasteiger partial charge in [0, 0.05) is 12.8 Å². The van der Waals surface area contributed by atoms with E-state index in [1.807, 2.05) is 0 Å².